The van der Waals surface area contributed by atoms with Crippen molar-refractivity contribution in [1.29, 1.82) is 0 Å². The molecule has 0 aliphatic carbocycles. The quantitative estimate of drug-likeness (QED) is 0.843. The number of benzene rings is 1. The van der Waals surface area contributed by atoms with Gasteiger partial charge in [-0.25, -0.2) is 0 Å². The maximum absolute atomic E-state index is 6.34. The molecule has 1 aliphatic rings. The number of hydrogen-bond acceptors (Lipinski definition) is 3. The molecular weight excluding hydrogens is 266 g/mol. The van der Waals surface area contributed by atoms with Crippen molar-refractivity contribution in [3.05, 3.63) is 28.8 Å². The first-order valence-corrected chi connectivity index (χ1v) is 6.82. The minimum atomic E-state index is 0.384. The Bertz CT molecular complexity index is 464. The summed E-state index contributed by atoms with van der Waals surface area (Å²) in [5.41, 5.74) is 7.50. The summed E-state index contributed by atoms with van der Waals surface area (Å²) in [4.78, 5) is 5.05. The number of nitrogens with two attached hydrogens (primary N) is 1. The predicted molar refractivity (Wildman–Crippen MR) is 81.6 cm³/mol. The van der Waals surface area contributed by atoms with E-state index in [1.165, 1.54) is 0 Å². The molecular formula is C13H18ClN3S. The van der Waals surface area contributed by atoms with Crippen LogP contribution in [0.4, 0.5) is 5.69 Å². The second-order valence-corrected chi connectivity index (χ2v) is 5.68. The van der Waals surface area contributed by atoms with Crippen LogP contribution < -0.4 is 10.6 Å². The third-order valence-electron chi connectivity index (χ3n) is 3.37. The Kier molecular flexibility index (Phi) is 4.10. The van der Waals surface area contributed by atoms with E-state index in [0.717, 1.165) is 35.9 Å². The molecule has 5 heteroatoms. The van der Waals surface area contributed by atoms with Crippen molar-refractivity contribution >= 4 is 34.5 Å². The van der Waals surface area contributed by atoms with E-state index in [4.69, 9.17) is 29.6 Å². The Hall–Kier alpha value is -0.840. The predicted octanol–water partition coefficient (Wildman–Crippen LogP) is 2.11. The van der Waals surface area contributed by atoms with E-state index in [2.05, 4.69) is 23.8 Å². The van der Waals surface area contributed by atoms with Gasteiger partial charge in [-0.2, -0.15) is 0 Å². The minimum Gasteiger partial charge on any atom is -0.389 e. The van der Waals surface area contributed by atoms with Crippen LogP contribution in [0.2, 0.25) is 5.02 Å². The molecule has 18 heavy (non-hydrogen) atoms. The minimum absolute atomic E-state index is 0.384. The molecule has 1 aromatic rings. The van der Waals surface area contributed by atoms with Crippen molar-refractivity contribution in [2.45, 2.75) is 13.0 Å². The molecule has 1 saturated heterocycles. The van der Waals surface area contributed by atoms with Crippen LogP contribution in [0.3, 0.4) is 0 Å². The molecule has 98 valence electrons. The van der Waals surface area contributed by atoms with E-state index >= 15 is 0 Å². The lowest BCUT2D eigenvalue weighted by molar-refractivity contribution is 0.275. The first kappa shape index (κ1) is 13.6. The highest BCUT2D eigenvalue weighted by Crippen LogP contribution is 2.29. The molecule has 0 radical (unpaired) electrons. The molecule has 1 aliphatic heterocycles. The van der Waals surface area contributed by atoms with Gasteiger partial charge >= 0.3 is 0 Å². The monoisotopic (exact) mass is 283 g/mol. The number of hydrogen-bond donors (Lipinski definition) is 1. The average molecular weight is 284 g/mol. The van der Waals surface area contributed by atoms with E-state index in [1.807, 2.05) is 18.2 Å². The number of piperazine rings is 1. The molecule has 1 aromatic carbocycles. The smallest absolute Gasteiger partial charge is 0.104 e. The number of anilines is 1. The fraction of sp³-hybridized carbons (Fsp3) is 0.462. The van der Waals surface area contributed by atoms with Gasteiger partial charge in [-0.05, 0) is 32.2 Å². The molecule has 3 nitrogen and oxygen atoms in total. The number of halogens is 1. The molecule has 1 unspecified atom stereocenters. The summed E-state index contributed by atoms with van der Waals surface area (Å²) in [6.45, 7) is 5.31. The molecule has 2 N–H and O–H groups in total. The highest BCUT2D eigenvalue weighted by Gasteiger charge is 2.23. The van der Waals surface area contributed by atoms with Crippen molar-refractivity contribution in [2.24, 2.45) is 5.73 Å². The number of likely N-dealkylation sites (N-methyl/N-ethyl adjacent to an activating group) is 1. The van der Waals surface area contributed by atoms with Crippen molar-refractivity contribution in [2.75, 3.05) is 31.6 Å². The molecule has 2 rings (SSSR count). The standard InChI is InChI=1S/C13H18ClN3S/c1-9-8-16(2)5-6-17(9)12-4-3-10(13(15)18)7-11(12)14/h3-4,7,9H,5-6,8H2,1-2H3,(H2,15,18). The Morgan fingerprint density at radius 3 is 2.72 bits per heavy atom. The van der Waals surface area contributed by atoms with E-state index in [9.17, 15) is 0 Å². The van der Waals surface area contributed by atoms with Crippen LogP contribution >= 0.6 is 23.8 Å². The zero-order valence-corrected chi connectivity index (χ0v) is 12.3. The second kappa shape index (κ2) is 5.43. The van der Waals surface area contributed by atoms with Gasteiger partial charge in [0.15, 0.2) is 0 Å². The van der Waals surface area contributed by atoms with Crippen LogP contribution in [0, 0.1) is 0 Å². The zero-order chi connectivity index (χ0) is 13.3. The Labute approximate surface area is 119 Å². The van der Waals surface area contributed by atoms with Crippen LogP contribution in [0.25, 0.3) is 0 Å². The van der Waals surface area contributed by atoms with Gasteiger partial charge in [-0.15, -0.1) is 0 Å². The number of nitrogens with zero attached hydrogens (tertiary/aromatic N) is 2. The second-order valence-electron chi connectivity index (χ2n) is 4.84. The summed E-state index contributed by atoms with van der Waals surface area (Å²) < 4.78 is 0. The maximum atomic E-state index is 6.34. The molecule has 1 fully saturated rings. The molecule has 0 spiro atoms. The van der Waals surface area contributed by atoms with Crippen LogP contribution in [0.5, 0.6) is 0 Å². The SMILES string of the molecule is CC1CN(C)CCN1c1ccc(C(N)=S)cc1Cl. The molecule has 0 aromatic heterocycles. The fourth-order valence-corrected chi connectivity index (χ4v) is 2.81. The fourth-order valence-electron chi connectivity index (χ4n) is 2.39. The Morgan fingerprint density at radius 1 is 1.44 bits per heavy atom. The van der Waals surface area contributed by atoms with Crippen molar-refractivity contribution in [3.63, 3.8) is 0 Å². The van der Waals surface area contributed by atoms with Crippen LogP contribution in [-0.4, -0.2) is 42.6 Å². The van der Waals surface area contributed by atoms with Gasteiger partial charge in [-0.3, -0.25) is 0 Å². The molecule has 0 bridgehead atoms. The lowest BCUT2D eigenvalue weighted by Crippen LogP contribution is -2.50. The van der Waals surface area contributed by atoms with Crippen LogP contribution in [0.1, 0.15) is 12.5 Å². The van der Waals surface area contributed by atoms with Crippen molar-refractivity contribution < 1.29 is 0 Å². The van der Waals surface area contributed by atoms with E-state index in [1.54, 1.807) is 0 Å². The van der Waals surface area contributed by atoms with E-state index in [0.29, 0.717) is 11.0 Å². The van der Waals surface area contributed by atoms with Gasteiger partial charge in [0.05, 0.1) is 10.7 Å². The van der Waals surface area contributed by atoms with E-state index < -0.39 is 0 Å². The molecule has 1 heterocycles. The van der Waals surface area contributed by atoms with Gasteiger partial charge in [0.2, 0.25) is 0 Å². The largest absolute Gasteiger partial charge is 0.389 e. The van der Waals surface area contributed by atoms with Gasteiger partial charge < -0.3 is 15.5 Å². The third-order valence-corrected chi connectivity index (χ3v) is 3.91. The van der Waals surface area contributed by atoms with Crippen LogP contribution in [0.15, 0.2) is 18.2 Å². The Morgan fingerprint density at radius 2 is 2.17 bits per heavy atom. The van der Waals surface area contributed by atoms with Crippen molar-refractivity contribution in [1.82, 2.24) is 4.90 Å². The lowest BCUT2D eigenvalue weighted by atomic mass is 10.1. The lowest BCUT2D eigenvalue weighted by Gasteiger charge is -2.40. The van der Waals surface area contributed by atoms with Crippen LogP contribution in [-0.2, 0) is 0 Å². The number of thiocarbonyl (C=S) groups is 1. The summed E-state index contributed by atoms with van der Waals surface area (Å²) in [5, 5.41) is 0.719. The Balaban J connectivity index is 2.26. The van der Waals surface area contributed by atoms with Gasteiger partial charge in [0.25, 0.3) is 0 Å². The first-order valence-electron chi connectivity index (χ1n) is 6.03. The van der Waals surface area contributed by atoms with Crippen molar-refractivity contribution in [3.8, 4) is 0 Å². The molecule has 0 saturated carbocycles. The summed E-state index contributed by atoms with van der Waals surface area (Å²) >= 11 is 11.3. The van der Waals surface area contributed by atoms with Gasteiger partial charge in [-0.1, -0.05) is 23.8 Å². The topological polar surface area (TPSA) is 32.5 Å². The maximum Gasteiger partial charge on any atom is 0.104 e. The van der Waals surface area contributed by atoms with Gasteiger partial charge in [0.1, 0.15) is 4.99 Å². The first-order chi connectivity index (χ1) is 8.49. The molecule has 0 amide bonds. The summed E-state index contributed by atoms with van der Waals surface area (Å²) in [5.74, 6) is 0. The summed E-state index contributed by atoms with van der Waals surface area (Å²) in [6, 6.07) is 6.26. The highest BCUT2D eigenvalue weighted by molar-refractivity contribution is 7.80. The summed E-state index contributed by atoms with van der Waals surface area (Å²) in [6.07, 6.45) is 0. The normalized spacial score (nSPS) is 21.1. The van der Waals surface area contributed by atoms with Gasteiger partial charge in [0, 0.05) is 31.2 Å². The zero-order valence-electron chi connectivity index (χ0n) is 10.7. The summed E-state index contributed by atoms with van der Waals surface area (Å²) in [7, 11) is 2.14. The third kappa shape index (κ3) is 2.76. The molecule has 1 atom stereocenters. The van der Waals surface area contributed by atoms with E-state index in [-0.39, 0.29) is 0 Å². The number of rotatable bonds is 2. The average Bonchev–Trinajstić information content (AvgIpc) is 2.30. The highest BCUT2D eigenvalue weighted by atomic mass is 35.5.